The Balaban J connectivity index is 1.56. The summed E-state index contributed by atoms with van der Waals surface area (Å²) in [6.07, 6.45) is 8.02. The van der Waals surface area contributed by atoms with Crippen LogP contribution in [0.1, 0.15) is 36.0 Å². The molecule has 1 amide bonds. The number of hydrogen-bond donors (Lipinski definition) is 2. The highest BCUT2D eigenvalue weighted by Crippen LogP contribution is 2.22. The zero-order valence-corrected chi connectivity index (χ0v) is 15.9. The zero-order valence-electron chi connectivity index (χ0n) is 15.9. The molecular formula is C21H28N4O2. The molecule has 2 N–H and O–H groups in total. The van der Waals surface area contributed by atoms with Gasteiger partial charge >= 0.3 is 0 Å². The lowest BCUT2D eigenvalue weighted by Gasteiger charge is -2.28. The third kappa shape index (κ3) is 5.69. The number of nitrogens with zero attached hydrogens (tertiary/aromatic N) is 2. The van der Waals surface area contributed by atoms with E-state index in [2.05, 4.69) is 32.7 Å². The lowest BCUT2D eigenvalue weighted by Crippen LogP contribution is -2.29. The molecule has 27 heavy (non-hydrogen) atoms. The van der Waals surface area contributed by atoms with Crippen molar-refractivity contribution in [3.8, 4) is 0 Å². The van der Waals surface area contributed by atoms with E-state index in [9.17, 15) is 4.79 Å². The van der Waals surface area contributed by atoms with Crippen molar-refractivity contribution in [2.75, 3.05) is 48.9 Å². The molecule has 2 aromatic rings. The molecule has 0 saturated carbocycles. The van der Waals surface area contributed by atoms with Crippen LogP contribution < -0.4 is 15.5 Å². The Labute approximate surface area is 160 Å². The van der Waals surface area contributed by atoms with Gasteiger partial charge in [0.2, 0.25) is 0 Å². The van der Waals surface area contributed by atoms with Crippen LogP contribution in [0.2, 0.25) is 0 Å². The van der Waals surface area contributed by atoms with Crippen LogP contribution in [0.5, 0.6) is 0 Å². The fourth-order valence-corrected chi connectivity index (χ4v) is 3.22. The monoisotopic (exact) mass is 368 g/mol. The number of hydrogen-bond acceptors (Lipinski definition) is 5. The summed E-state index contributed by atoms with van der Waals surface area (Å²) in [5.74, 6) is -0.159. The second-order valence-corrected chi connectivity index (χ2v) is 6.78. The molecule has 144 valence electrons. The number of pyridine rings is 1. The van der Waals surface area contributed by atoms with E-state index < -0.39 is 0 Å². The molecule has 2 heterocycles. The summed E-state index contributed by atoms with van der Waals surface area (Å²) < 4.78 is 5.03. The van der Waals surface area contributed by atoms with Crippen LogP contribution in [0.3, 0.4) is 0 Å². The van der Waals surface area contributed by atoms with Crippen molar-refractivity contribution in [2.45, 2.75) is 25.7 Å². The minimum absolute atomic E-state index is 0.159. The Kier molecular flexibility index (Phi) is 7.04. The number of rotatable bonds is 8. The van der Waals surface area contributed by atoms with Crippen molar-refractivity contribution in [3.05, 3.63) is 48.3 Å². The molecule has 0 radical (unpaired) electrons. The molecule has 1 aliphatic heterocycles. The number of carbonyl (C=O) groups excluding carboxylic acids is 1. The van der Waals surface area contributed by atoms with Gasteiger partial charge in [-0.25, -0.2) is 0 Å². The molecule has 6 heteroatoms. The van der Waals surface area contributed by atoms with Gasteiger partial charge in [-0.1, -0.05) is 0 Å². The first-order chi connectivity index (χ1) is 13.3. The van der Waals surface area contributed by atoms with Crippen molar-refractivity contribution in [3.63, 3.8) is 0 Å². The molecule has 1 aromatic carbocycles. The molecule has 0 atom stereocenters. The standard InChI is InChI=1S/C21H28N4O2/c1-27-13-5-10-23-19-14-17(15-22-16-19)21(26)24-18-6-8-20(9-7-18)25-11-3-2-4-12-25/h6-9,14-16,23H,2-5,10-13H2,1H3,(H,24,26). The first-order valence-corrected chi connectivity index (χ1v) is 9.60. The molecule has 1 saturated heterocycles. The largest absolute Gasteiger partial charge is 0.385 e. The highest BCUT2D eigenvalue weighted by atomic mass is 16.5. The molecule has 0 bridgehead atoms. The number of amides is 1. The van der Waals surface area contributed by atoms with Crippen molar-refractivity contribution in [1.82, 2.24) is 4.98 Å². The molecule has 1 fully saturated rings. The van der Waals surface area contributed by atoms with E-state index in [4.69, 9.17) is 4.74 Å². The zero-order chi connectivity index (χ0) is 18.9. The van der Waals surface area contributed by atoms with E-state index in [1.807, 2.05) is 18.2 Å². The van der Waals surface area contributed by atoms with Crippen molar-refractivity contribution >= 4 is 23.0 Å². The van der Waals surface area contributed by atoms with Gasteiger partial charge in [-0.3, -0.25) is 9.78 Å². The van der Waals surface area contributed by atoms with E-state index in [1.165, 1.54) is 24.9 Å². The quantitative estimate of drug-likeness (QED) is 0.694. The summed E-state index contributed by atoms with van der Waals surface area (Å²) in [6.45, 7) is 3.70. The Morgan fingerprint density at radius 2 is 1.89 bits per heavy atom. The Hall–Kier alpha value is -2.60. The number of aromatic nitrogens is 1. The van der Waals surface area contributed by atoms with Crippen molar-refractivity contribution in [2.24, 2.45) is 0 Å². The second kappa shape index (κ2) is 9.92. The summed E-state index contributed by atoms with van der Waals surface area (Å²) in [5, 5.41) is 6.20. The van der Waals surface area contributed by atoms with Crippen LogP contribution in [0.4, 0.5) is 17.1 Å². The SMILES string of the molecule is COCCCNc1cncc(C(=O)Nc2ccc(N3CCCCC3)cc2)c1. The smallest absolute Gasteiger partial charge is 0.257 e. The van der Waals surface area contributed by atoms with Crippen molar-refractivity contribution in [1.29, 1.82) is 0 Å². The first kappa shape index (κ1) is 19.2. The van der Waals surface area contributed by atoms with Crippen LogP contribution in [0, 0.1) is 0 Å². The van der Waals surface area contributed by atoms with Crippen molar-refractivity contribution < 1.29 is 9.53 Å². The van der Waals surface area contributed by atoms with Crippen LogP contribution in [-0.4, -0.2) is 44.2 Å². The van der Waals surface area contributed by atoms with Gasteiger partial charge < -0.3 is 20.3 Å². The normalized spacial score (nSPS) is 14.0. The lowest BCUT2D eigenvalue weighted by atomic mass is 10.1. The van der Waals surface area contributed by atoms with Gasteiger partial charge in [0.1, 0.15) is 0 Å². The number of anilines is 3. The highest BCUT2D eigenvalue weighted by Gasteiger charge is 2.12. The van der Waals surface area contributed by atoms with Crippen LogP contribution >= 0.6 is 0 Å². The van der Waals surface area contributed by atoms with Gasteiger partial charge in [0.25, 0.3) is 5.91 Å². The van der Waals surface area contributed by atoms with E-state index in [0.717, 1.165) is 37.4 Å². The van der Waals surface area contributed by atoms with Gasteiger partial charge in [-0.2, -0.15) is 0 Å². The highest BCUT2D eigenvalue weighted by molar-refractivity contribution is 6.04. The third-order valence-electron chi connectivity index (χ3n) is 4.70. The van der Waals surface area contributed by atoms with E-state index in [0.29, 0.717) is 12.2 Å². The first-order valence-electron chi connectivity index (χ1n) is 9.60. The van der Waals surface area contributed by atoms with E-state index in [-0.39, 0.29) is 5.91 Å². The molecule has 0 aliphatic carbocycles. The molecule has 6 nitrogen and oxygen atoms in total. The molecule has 1 aromatic heterocycles. The van der Waals surface area contributed by atoms with Crippen LogP contribution in [-0.2, 0) is 4.74 Å². The third-order valence-corrected chi connectivity index (χ3v) is 4.70. The maximum absolute atomic E-state index is 12.5. The predicted molar refractivity (Wildman–Crippen MR) is 110 cm³/mol. The molecular weight excluding hydrogens is 340 g/mol. The average Bonchev–Trinajstić information content (AvgIpc) is 2.73. The lowest BCUT2D eigenvalue weighted by molar-refractivity contribution is 0.102. The van der Waals surface area contributed by atoms with Gasteiger partial charge in [0.05, 0.1) is 11.3 Å². The van der Waals surface area contributed by atoms with Crippen LogP contribution in [0.25, 0.3) is 0 Å². The average molecular weight is 368 g/mol. The summed E-state index contributed by atoms with van der Waals surface area (Å²) >= 11 is 0. The Morgan fingerprint density at radius 1 is 1.11 bits per heavy atom. The van der Waals surface area contributed by atoms with E-state index in [1.54, 1.807) is 19.5 Å². The molecule has 0 spiro atoms. The maximum atomic E-state index is 12.5. The molecule has 0 unspecified atom stereocenters. The minimum atomic E-state index is -0.159. The summed E-state index contributed by atoms with van der Waals surface area (Å²) in [4.78, 5) is 19.1. The van der Waals surface area contributed by atoms with Gasteiger partial charge in [-0.15, -0.1) is 0 Å². The van der Waals surface area contributed by atoms with Gasteiger partial charge in [-0.05, 0) is 56.0 Å². The van der Waals surface area contributed by atoms with Crippen LogP contribution in [0.15, 0.2) is 42.7 Å². The predicted octanol–water partition coefficient (Wildman–Crippen LogP) is 3.77. The molecule has 1 aliphatic rings. The maximum Gasteiger partial charge on any atom is 0.257 e. The van der Waals surface area contributed by atoms with Gasteiger partial charge in [0, 0.05) is 57.1 Å². The number of methoxy groups -OCH3 is 1. The summed E-state index contributed by atoms with van der Waals surface area (Å²) in [6, 6.07) is 9.89. The fourth-order valence-electron chi connectivity index (χ4n) is 3.22. The number of benzene rings is 1. The summed E-state index contributed by atoms with van der Waals surface area (Å²) in [7, 11) is 1.69. The molecule has 3 rings (SSSR count). The topological polar surface area (TPSA) is 66.5 Å². The number of ether oxygens (including phenoxy) is 1. The Morgan fingerprint density at radius 3 is 2.63 bits per heavy atom. The number of carbonyl (C=O) groups is 1. The Bertz CT molecular complexity index is 727. The minimum Gasteiger partial charge on any atom is -0.385 e. The fraction of sp³-hybridized carbons (Fsp3) is 0.429. The van der Waals surface area contributed by atoms with Gasteiger partial charge in [0.15, 0.2) is 0 Å². The second-order valence-electron chi connectivity index (χ2n) is 6.78. The number of nitrogens with one attached hydrogen (secondary N) is 2. The number of piperidine rings is 1. The summed E-state index contributed by atoms with van der Waals surface area (Å²) in [5.41, 5.74) is 3.38. The van der Waals surface area contributed by atoms with E-state index >= 15 is 0 Å².